The SMILES string of the molecule is COc1cc(C=CC(=O)Nc2ccc(C(=O)NC3CCCC3)cc2)ccc1OC(F)F. The van der Waals surface area contributed by atoms with E-state index in [0.717, 1.165) is 25.7 Å². The fourth-order valence-electron chi connectivity index (χ4n) is 3.38. The summed E-state index contributed by atoms with van der Waals surface area (Å²) in [5.74, 6) is -0.446. The highest BCUT2D eigenvalue weighted by Gasteiger charge is 2.17. The molecule has 0 bridgehead atoms. The first-order valence-electron chi connectivity index (χ1n) is 9.97. The molecule has 0 unspecified atom stereocenters. The van der Waals surface area contributed by atoms with Crippen LogP contribution in [0.1, 0.15) is 41.6 Å². The Kier molecular flexibility index (Phi) is 7.59. The Bertz CT molecular complexity index is 939. The van der Waals surface area contributed by atoms with E-state index in [0.29, 0.717) is 16.8 Å². The van der Waals surface area contributed by atoms with Gasteiger partial charge >= 0.3 is 6.61 Å². The molecule has 0 spiro atoms. The number of halogens is 2. The second-order valence-electron chi connectivity index (χ2n) is 7.14. The molecule has 6 nitrogen and oxygen atoms in total. The van der Waals surface area contributed by atoms with Gasteiger partial charge in [0.2, 0.25) is 5.91 Å². The Hall–Kier alpha value is -3.42. The van der Waals surface area contributed by atoms with E-state index in [9.17, 15) is 18.4 Å². The maximum Gasteiger partial charge on any atom is 0.387 e. The molecular formula is C23H24F2N2O4. The summed E-state index contributed by atoms with van der Waals surface area (Å²) in [5, 5.41) is 5.72. The van der Waals surface area contributed by atoms with Crippen molar-refractivity contribution in [3.05, 3.63) is 59.7 Å². The van der Waals surface area contributed by atoms with Crippen LogP contribution in [-0.2, 0) is 4.79 Å². The van der Waals surface area contributed by atoms with Crippen LogP contribution in [0.15, 0.2) is 48.5 Å². The average Bonchev–Trinajstić information content (AvgIpc) is 3.26. The van der Waals surface area contributed by atoms with Crippen LogP contribution in [0.4, 0.5) is 14.5 Å². The van der Waals surface area contributed by atoms with E-state index < -0.39 is 6.61 Å². The van der Waals surface area contributed by atoms with Gasteiger partial charge in [0.25, 0.3) is 5.91 Å². The molecule has 0 heterocycles. The third-order valence-corrected chi connectivity index (χ3v) is 4.94. The Morgan fingerprint density at radius 3 is 2.42 bits per heavy atom. The third kappa shape index (κ3) is 6.53. The molecule has 0 saturated heterocycles. The smallest absolute Gasteiger partial charge is 0.387 e. The summed E-state index contributed by atoms with van der Waals surface area (Å²) in [7, 11) is 1.34. The first kappa shape index (κ1) is 22.3. The molecule has 2 amide bonds. The summed E-state index contributed by atoms with van der Waals surface area (Å²) in [5.41, 5.74) is 1.66. The largest absolute Gasteiger partial charge is 0.493 e. The van der Waals surface area contributed by atoms with Gasteiger partial charge in [-0.1, -0.05) is 18.9 Å². The van der Waals surface area contributed by atoms with Gasteiger partial charge in [0.05, 0.1) is 7.11 Å². The van der Waals surface area contributed by atoms with Crippen molar-refractivity contribution in [2.45, 2.75) is 38.3 Å². The van der Waals surface area contributed by atoms with Gasteiger partial charge in [0.15, 0.2) is 11.5 Å². The maximum absolute atomic E-state index is 12.4. The van der Waals surface area contributed by atoms with Crippen LogP contribution in [0.3, 0.4) is 0 Å². The number of rotatable bonds is 8. The van der Waals surface area contributed by atoms with Crippen molar-refractivity contribution in [3.8, 4) is 11.5 Å². The lowest BCUT2D eigenvalue weighted by Crippen LogP contribution is -2.32. The number of amides is 2. The summed E-state index contributed by atoms with van der Waals surface area (Å²) in [6.45, 7) is -2.96. The van der Waals surface area contributed by atoms with Crippen molar-refractivity contribution in [3.63, 3.8) is 0 Å². The number of hydrogen-bond donors (Lipinski definition) is 2. The zero-order chi connectivity index (χ0) is 22.2. The van der Waals surface area contributed by atoms with Crippen LogP contribution >= 0.6 is 0 Å². The molecule has 0 aromatic heterocycles. The first-order chi connectivity index (χ1) is 14.9. The van der Waals surface area contributed by atoms with Gasteiger partial charge in [-0.3, -0.25) is 9.59 Å². The van der Waals surface area contributed by atoms with Crippen LogP contribution < -0.4 is 20.1 Å². The molecule has 3 rings (SSSR count). The zero-order valence-corrected chi connectivity index (χ0v) is 17.1. The quantitative estimate of drug-likeness (QED) is 0.599. The number of anilines is 1. The summed E-state index contributed by atoms with van der Waals surface area (Å²) in [4.78, 5) is 24.4. The number of ether oxygens (including phenoxy) is 2. The van der Waals surface area contributed by atoms with Gasteiger partial charge in [0.1, 0.15) is 0 Å². The number of hydrogen-bond acceptors (Lipinski definition) is 4. The van der Waals surface area contributed by atoms with Crippen LogP contribution in [0.5, 0.6) is 11.5 Å². The summed E-state index contributed by atoms with van der Waals surface area (Å²) < 4.78 is 34.2. The van der Waals surface area contributed by atoms with Crippen molar-refractivity contribution >= 4 is 23.6 Å². The van der Waals surface area contributed by atoms with Gasteiger partial charge in [-0.15, -0.1) is 0 Å². The molecule has 1 fully saturated rings. The van der Waals surface area contributed by atoms with Crippen molar-refractivity contribution < 1.29 is 27.8 Å². The Labute approximate surface area is 179 Å². The van der Waals surface area contributed by atoms with Crippen molar-refractivity contribution in [2.24, 2.45) is 0 Å². The minimum absolute atomic E-state index is 0.0869. The Morgan fingerprint density at radius 1 is 1.06 bits per heavy atom. The van der Waals surface area contributed by atoms with Crippen LogP contribution in [0.25, 0.3) is 6.08 Å². The maximum atomic E-state index is 12.4. The fraction of sp³-hybridized carbons (Fsp3) is 0.304. The third-order valence-electron chi connectivity index (χ3n) is 4.94. The number of methoxy groups -OCH3 is 1. The van der Waals surface area contributed by atoms with Gasteiger partial charge in [0, 0.05) is 23.4 Å². The van der Waals surface area contributed by atoms with E-state index in [1.165, 1.54) is 37.5 Å². The van der Waals surface area contributed by atoms with E-state index in [-0.39, 0.29) is 29.4 Å². The molecular weight excluding hydrogens is 406 g/mol. The number of benzene rings is 2. The second-order valence-corrected chi connectivity index (χ2v) is 7.14. The van der Waals surface area contributed by atoms with Gasteiger partial charge in [-0.25, -0.2) is 0 Å². The lowest BCUT2D eigenvalue weighted by Gasteiger charge is -2.12. The van der Waals surface area contributed by atoms with E-state index in [4.69, 9.17) is 4.74 Å². The summed E-state index contributed by atoms with van der Waals surface area (Å²) >= 11 is 0. The molecule has 164 valence electrons. The van der Waals surface area contributed by atoms with Crippen molar-refractivity contribution in [2.75, 3.05) is 12.4 Å². The number of carbonyl (C=O) groups excluding carboxylic acids is 2. The Balaban J connectivity index is 1.56. The lowest BCUT2D eigenvalue weighted by atomic mass is 10.1. The van der Waals surface area contributed by atoms with Gasteiger partial charge in [-0.2, -0.15) is 8.78 Å². The van der Waals surface area contributed by atoms with Gasteiger partial charge < -0.3 is 20.1 Å². The minimum atomic E-state index is -2.96. The van der Waals surface area contributed by atoms with Crippen LogP contribution in [-0.4, -0.2) is 31.6 Å². The molecule has 1 saturated carbocycles. The highest BCUT2D eigenvalue weighted by Crippen LogP contribution is 2.29. The van der Waals surface area contributed by atoms with Crippen molar-refractivity contribution in [1.29, 1.82) is 0 Å². The van der Waals surface area contributed by atoms with Crippen LogP contribution in [0.2, 0.25) is 0 Å². The van der Waals surface area contributed by atoms with E-state index in [1.807, 2.05) is 0 Å². The zero-order valence-electron chi connectivity index (χ0n) is 17.1. The molecule has 8 heteroatoms. The monoisotopic (exact) mass is 430 g/mol. The minimum Gasteiger partial charge on any atom is -0.493 e. The normalized spacial score (nSPS) is 14.1. The second kappa shape index (κ2) is 10.6. The van der Waals surface area contributed by atoms with Gasteiger partial charge in [-0.05, 0) is 60.9 Å². The number of carbonyl (C=O) groups is 2. The first-order valence-corrected chi connectivity index (χ1v) is 9.97. The highest BCUT2D eigenvalue weighted by molar-refractivity contribution is 6.02. The summed E-state index contributed by atoms with van der Waals surface area (Å²) in [6, 6.07) is 11.3. The molecule has 0 atom stereocenters. The van der Waals surface area contributed by atoms with E-state index in [2.05, 4.69) is 15.4 Å². The Morgan fingerprint density at radius 2 is 1.77 bits per heavy atom. The van der Waals surface area contributed by atoms with E-state index >= 15 is 0 Å². The molecule has 0 radical (unpaired) electrons. The molecule has 1 aliphatic rings. The predicted octanol–water partition coefficient (Wildman–Crippen LogP) is 4.62. The average molecular weight is 430 g/mol. The summed E-state index contributed by atoms with van der Waals surface area (Å²) in [6.07, 6.45) is 7.14. The molecule has 2 aromatic carbocycles. The van der Waals surface area contributed by atoms with Crippen LogP contribution in [0, 0.1) is 0 Å². The molecule has 2 aromatic rings. The molecule has 31 heavy (non-hydrogen) atoms. The number of alkyl halides is 2. The predicted molar refractivity (Wildman–Crippen MR) is 113 cm³/mol. The van der Waals surface area contributed by atoms with Crippen molar-refractivity contribution in [1.82, 2.24) is 5.32 Å². The topological polar surface area (TPSA) is 76.7 Å². The van der Waals surface area contributed by atoms with E-state index in [1.54, 1.807) is 24.3 Å². The molecule has 0 aliphatic heterocycles. The highest BCUT2D eigenvalue weighted by atomic mass is 19.3. The standard InChI is InChI=1S/C23H24F2N2O4/c1-30-20-14-15(6-12-19(20)31-23(24)25)7-13-21(28)26-18-10-8-16(9-11-18)22(29)27-17-4-2-3-5-17/h6-14,17,23H,2-5H2,1H3,(H,26,28)(H,27,29). The lowest BCUT2D eigenvalue weighted by molar-refractivity contribution is -0.111. The number of nitrogens with one attached hydrogen (secondary N) is 2. The molecule has 1 aliphatic carbocycles. The fourth-order valence-corrected chi connectivity index (χ4v) is 3.38. The molecule has 2 N–H and O–H groups in total.